The Bertz CT molecular complexity index is 986. The van der Waals surface area contributed by atoms with Crippen LogP contribution in [0.3, 0.4) is 0 Å². The van der Waals surface area contributed by atoms with Crippen molar-refractivity contribution < 1.29 is 9.53 Å². The third-order valence-electron chi connectivity index (χ3n) is 3.60. The molecule has 0 amide bonds. The zero-order valence-electron chi connectivity index (χ0n) is 14.6. The molecule has 0 radical (unpaired) electrons. The second kappa shape index (κ2) is 8.30. The third-order valence-corrected chi connectivity index (χ3v) is 4.48. The van der Waals surface area contributed by atoms with Crippen molar-refractivity contribution >= 4 is 40.7 Å². The van der Waals surface area contributed by atoms with E-state index in [2.05, 4.69) is 10.1 Å². The third kappa shape index (κ3) is 4.43. The zero-order valence-corrected chi connectivity index (χ0v) is 16.9. The second-order valence-corrected chi connectivity index (χ2v) is 7.49. The van der Waals surface area contributed by atoms with E-state index in [1.54, 1.807) is 36.4 Å². The van der Waals surface area contributed by atoms with Crippen LogP contribution in [0.5, 0.6) is 6.01 Å². The van der Waals surface area contributed by atoms with Gasteiger partial charge in [-0.1, -0.05) is 60.8 Å². The molecule has 8 heteroatoms. The lowest BCUT2D eigenvalue weighted by Crippen LogP contribution is -2.16. The van der Waals surface area contributed by atoms with Crippen LogP contribution < -0.4 is 4.74 Å². The first-order chi connectivity index (χ1) is 12.9. The highest BCUT2D eigenvalue weighted by Gasteiger charge is 2.23. The van der Waals surface area contributed by atoms with Crippen LogP contribution >= 0.6 is 34.8 Å². The Morgan fingerprint density at radius 1 is 1.11 bits per heavy atom. The zero-order chi connectivity index (χ0) is 19.6. The predicted octanol–water partition coefficient (Wildman–Crippen LogP) is 5.63. The van der Waals surface area contributed by atoms with Gasteiger partial charge in [0.1, 0.15) is 0 Å². The highest BCUT2D eigenvalue weighted by atomic mass is 35.5. The molecular formula is C19H16Cl3N3O2. The van der Waals surface area contributed by atoms with Crippen LogP contribution in [0.4, 0.5) is 0 Å². The molecule has 1 heterocycles. The number of hydrogen-bond donors (Lipinski definition) is 0. The van der Waals surface area contributed by atoms with Gasteiger partial charge in [0.05, 0.1) is 22.2 Å². The molecule has 3 rings (SSSR count). The van der Waals surface area contributed by atoms with Crippen LogP contribution in [0.25, 0.3) is 11.4 Å². The van der Waals surface area contributed by atoms with Crippen LogP contribution in [-0.4, -0.2) is 27.3 Å². The van der Waals surface area contributed by atoms with E-state index in [9.17, 15) is 4.79 Å². The van der Waals surface area contributed by atoms with E-state index >= 15 is 0 Å². The average Bonchev–Trinajstić information content (AvgIpc) is 3.04. The molecule has 0 bridgehead atoms. The fourth-order valence-electron chi connectivity index (χ4n) is 2.33. The molecular weight excluding hydrogens is 409 g/mol. The molecule has 2 aromatic carbocycles. The number of hydrogen-bond acceptors (Lipinski definition) is 4. The molecule has 27 heavy (non-hydrogen) atoms. The van der Waals surface area contributed by atoms with Crippen LogP contribution in [-0.2, 0) is 0 Å². The van der Waals surface area contributed by atoms with Gasteiger partial charge in [-0.2, -0.15) is 9.67 Å². The second-order valence-electron chi connectivity index (χ2n) is 6.24. The maximum Gasteiger partial charge on any atom is 0.336 e. The standard InChI is InChI=1S/C19H16Cl3N3O2/c1-11(2)10-27-19-23-17(13-5-3-4-6-15(13)21)25(24-19)18(26)14-8-7-12(20)9-16(14)22/h3-9,11H,10H2,1-2H3. The first-order valence-corrected chi connectivity index (χ1v) is 9.34. The lowest BCUT2D eigenvalue weighted by Gasteiger charge is -2.07. The van der Waals surface area contributed by atoms with Crippen LogP contribution in [0.2, 0.25) is 15.1 Å². The molecule has 0 fully saturated rings. The maximum absolute atomic E-state index is 13.1. The number of carbonyl (C=O) groups excluding carboxylic acids is 1. The number of ether oxygens (including phenoxy) is 1. The summed E-state index contributed by atoms with van der Waals surface area (Å²) in [7, 11) is 0. The van der Waals surface area contributed by atoms with E-state index < -0.39 is 5.91 Å². The summed E-state index contributed by atoms with van der Waals surface area (Å²) < 4.78 is 6.74. The molecule has 5 nitrogen and oxygen atoms in total. The van der Waals surface area contributed by atoms with Crippen molar-refractivity contribution in [3.63, 3.8) is 0 Å². The van der Waals surface area contributed by atoms with E-state index in [0.29, 0.717) is 22.2 Å². The Hall–Kier alpha value is -2.08. The average molecular weight is 425 g/mol. The number of halogens is 3. The fourth-order valence-corrected chi connectivity index (χ4v) is 3.04. The first kappa shape index (κ1) is 19.7. The van der Waals surface area contributed by atoms with E-state index in [0.717, 1.165) is 4.68 Å². The SMILES string of the molecule is CC(C)COc1nc(-c2ccccc2Cl)n(C(=O)c2ccc(Cl)cc2Cl)n1. The largest absolute Gasteiger partial charge is 0.462 e. The summed E-state index contributed by atoms with van der Waals surface area (Å²) in [5.74, 6) is 0.0935. The lowest BCUT2D eigenvalue weighted by molar-refractivity contribution is 0.0944. The van der Waals surface area contributed by atoms with Crippen molar-refractivity contribution in [2.75, 3.05) is 6.61 Å². The fraction of sp³-hybridized carbons (Fsp3) is 0.211. The molecule has 0 saturated heterocycles. The van der Waals surface area contributed by atoms with Crippen LogP contribution in [0, 0.1) is 5.92 Å². The molecule has 0 aliphatic carbocycles. The van der Waals surface area contributed by atoms with Gasteiger partial charge in [0.2, 0.25) is 0 Å². The van der Waals surface area contributed by atoms with Gasteiger partial charge in [0, 0.05) is 10.6 Å². The highest BCUT2D eigenvalue weighted by molar-refractivity contribution is 6.37. The summed E-state index contributed by atoms with van der Waals surface area (Å²) in [6, 6.07) is 11.8. The van der Waals surface area contributed by atoms with Crippen LogP contribution in [0.15, 0.2) is 42.5 Å². The Morgan fingerprint density at radius 2 is 1.85 bits per heavy atom. The van der Waals surface area contributed by atoms with E-state index in [1.807, 2.05) is 13.8 Å². The van der Waals surface area contributed by atoms with Gasteiger partial charge >= 0.3 is 6.01 Å². The molecule has 0 saturated carbocycles. The molecule has 0 aliphatic heterocycles. The molecule has 1 aromatic heterocycles. The molecule has 140 valence electrons. The van der Waals surface area contributed by atoms with Gasteiger partial charge in [0.15, 0.2) is 5.82 Å². The van der Waals surface area contributed by atoms with Gasteiger partial charge in [-0.15, -0.1) is 5.10 Å². The van der Waals surface area contributed by atoms with E-state index in [4.69, 9.17) is 39.5 Å². The van der Waals surface area contributed by atoms with Crippen molar-refractivity contribution in [2.24, 2.45) is 5.92 Å². The Labute approximate surface area is 171 Å². The number of carbonyl (C=O) groups is 1. The van der Waals surface area contributed by atoms with Gasteiger partial charge in [-0.3, -0.25) is 4.79 Å². The Morgan fingerprint density at radius 3 is 2.52 bits per heavy atom. The van der Waals surface area contributed by atoms with Gasteiger partial charge < -0.3 is 4.74 Å². The maximum atomic E-state index is 13.1. The topological polar surface area (TPSA) is 57.0 Å². The van der Waals surface area contributed by atoms with Gasteiger partial charge in [-0.25, -0.2) is 0 Å². The van der Waals surface area contributed by atoms with Crippen molar-refractivity contribution in [2.45, 2.75) is 13.8 Å². The van der Waals surface area contributed by atoms with Crippen molar-refractivity contribution in [1.82, 2.24) is 14.8 Å². The monoisotopic (exact) mass is 423 g/mol. The summed E-state index contributed by atoms with van der Waals surface area (Å²) >= 11 is 18.4. The molecule has 0 atom stereocenters. The molecule has 0 spiro atoms. The molecule has 3 aromatic rings. The molecule has 0 aliphatic rings. The number of nitrogens with zero attached hydrogens (tertiary/aromatic N) is 3. The smallest absolute Gasteiger partial charge is 0.336 e. The molecule has 0 unspecified atom stereocenters. The van der Waals surface area contributed by atoms with Crippen molar-refractivity contribution in [1.29, 1.82) is 0 Å². The van der Waals surface area contributed by atoms with Gasteiger partial charge in [-0.05, 0) is 36.2 Å². The Balaban J connectivity index is 2.09. The minimum atomic E-state index is -0.460. The Kier molecular flexibility index (Phi) is 6.05. The van der Waals surface area contributed by atoms with E-state index in [1.165, 1.54) is 6.07 Å². The summed E-state index contributed by atoms with van der Waals surface area (Å²) in [5.41, 5.74) is 0.805. The number of aromatic nitrogens is 3. The van der Waals surface area contributed by atoms with Crippen molar-refractivity contribution in [3.05, 3.63) is 63.1 Å². The minimum Gasteiger partial charge on any atom is -0.462 e. The summed E-state index contributed by atoms with van der Waals surface area (Å²) in [4.78, 5) is 17.4. The lowest BCUT2D eigenvalue weighted by atomic mass is 10.2. The molecule has 0 N–H and O–H groups in total. The minimum absolute atomic E-state index is 0.0945. The summed E-state index contributed by atoms with van der Waals surface area (Å²) in [5, 5.41) is 5.32. The number of benzene rings is 2. The first-order valence-electron chi connectivity index (χ1n) is 8.21. The normalized spacial score (nSPS) is 11.0. The summed E-state index contributed by atoms with van der Waals surface area (Å²) in [6.45, 7) is 4.43. The predicted molar refractivity (Wildman–Crippen MR) is 107 cm³/mol. The van der Waals surface area contributed by atoms with Gasteiger partial charge in [0.25, 0.3) is 5.91 Å². The summed E-state index contributed by atoms with van der Waals surface area (Å²) in [6.07, 6.45) is 0. The quantitative estimate of drug-likeness (QED) is 0.533. The highest BCUT2D eigenvalue weighted by Crippen LogP contribution is 2.29. The van der Waals surface area contributed by atoms with E-state index in [-0.39, 0.29) is 28.3 Å². The van der Waals surface area contributed by atoms with Crippen LogP contribution in [0.1, 0.15) is 24.2 Å². The number of rotatable bonds is 5. The van der Waals surface area contributed by atoms with Crippen molar-refractivity contribution in [3.8, 4) is 17.4 Å².